The molecular weight excluding hydrogens is 268 g/mol. The number of hydrogen-bond donors (Lipinski definition) is 1. The van der Waals surface area contributed by atoms with Crippen LogP contribution in [0.4, 0.5) is 5.69 Å². The molecule has 0 radical (unpaired) electrons. The van der Waals surface area contributed by atoms with Gasteiger partial charge in [0, 0.05) is 26.8 Å². The predicted octanol–water partition coefficient (Wildman–Crippen LogP) is 1.10. The zero-order chi connectivity index (χ0) is 15.7. The highest BCUT2D eigenvalue weighted by Crippen LogP contribution is 2.07. The average Bonchev–Trinajstić information content (AvgIpc) is 2.47. The number of rotatable bonds is 10. The zero-order valence-electron chi connectivity index (χ0n) is 13.6. The van der Waals surface area contributed by atoms with Crippen molar-refractivity contribution in [3.63, 3.8) is 0 Å². The lowest BCUT2D eigenvalue weighted by molar-refractivity contribution is 0.156. The molecule has 0 aliphatic carbocycles. The highest BCUT2D eigenvalue weighted by atomic mass is 16.5. The summed E-state index contributed by atoms with van der Waals surface area (Å²) in [6.45, 7) is 7.12. The Morgan fingerprint density at radius 2 is 2.19 bits per heavy atom. The van der Waals surface area contributed by atoms with Crippen molar-refractivity contribution in [3.05, 3.63) is 22.6 Å². The molecule has 0 bridgehead atoms. The SMILES string of the molecule is CCCNC(COC)Cn1ncc(N(C)CCC)cc1=O. The van der Waals surface area contributed by atoms with Crippen molar-refractivity contribution in [2.45, 2.75) is 39.3 Å². The van der Waals surface area contributed by atoms with Gasteiger partial charge >= 0.3 is 0 Å². The molecule has 0 spiro atoms. The van der Waals surface area contributed by atoms with Gasteiger partial charge in [-0.25, -0.2) is 4.68 Å². The van der Waals surface area contributed by atoms with Crippen LogP contribution in [0.1, 0.15) is 26.7 Å². The smallest absolute Gasteiger partial charge is 0.268 e. The van der Waals surface area contributed by atoms with Gasteiger partial charge in [0.15, 0.2) is 0 Å². The molecule has 21 heavy (non-hydrogen) atoms. The molecule has 1 unspecified atom stereocenters. The summed E-state index contributed by atoms with van der Waals surface area (Å²) in [5.41, 5.74) is 0.790. The highest BCUT2D eigenvalue weighted by molar-refractivity contribution is 5.41. The Balaban J connectivity index is 2.76. The maximum Gasteiger partial charge on any atom is 0.268 e. The molecule has 1 rings (SSSR count). The normalized spacial score (nSPS) is 12.4. The molecule has 0 aliphatic rings. The minimum Gasteiger partial charge on any atom is -0.383 e. The second-order valence-corrected chi connectivity index (χ2v) is 5.26. The fourth-order valence-electron chi connectivity index (χ4n) is 2.17. The van der Waals surface area contributed by atoms with E-state index >= 15 is 0 Å². The largest absolute Gasteiger partial charge is 0.383 e. The monoisotopic (exact) mass is 296 g/mol. The molecule has 0 amide bonds. The number of methoxy groups -OCH3 is 1. The van der Waals surface area contributed by atoms with Crippen molar-refractivity contribution in [3.8, 4) is 0 Å². The minimum absolute atomic E-state index is 0.0742. The molecule has 0 aliphatic heterocycles. The highest BCUT2D eigenvalue weighted by Gasteiger charge is 2.11. The molecule has 6 nitrogen and oxygen atoms in total. The predicted molar refractivity (Wildman–Crippen MR) is 86.0 cm³/mol. The number of hydrogen-bond acceptors (Lipinski definition) is 5. The summed E-state index contributed by atoms with van der Waals surface area (Å²) >= 11 is 0. The van der Waals surface area contributed by atoms with Crippen LogP contribution in [0.2, 0.25) is 0 Å². The Labute approximate surface area is 127 Å². The molecule has 0 aromatic carbocycles. The summed E-state index contributed by atoms with van der Waals surface area (Å²) in [6.07, 6.45) is 3.83. The van der Waals surface area contributed by atoms with Crippen LogP contribution < -0.4 is 15.8 Å². The van der Waals surface area contributed by atoms with E-state index in [0.29, 0.717) is 13.2 Å². The van der Waals surface area contributed by atoms with Crippen LogP contribution in [0.5, 0.6) is 0 Å². The molecule has 1 atom stereocenters. The van der Waals surface area contributed by atoms with Crippen molar-refractivity contribution in [1.29, 1.82) is 0 Å². The second-order valence-electron chi connectivity index (χ2n) is 5.26. The number of nitrogens with zero attached hydrogens (tertiary/aromatic N) is 3. The van der Waals surface area contributed by atoms with E-state index in [1.54, 1.807) is 19.4 Å². The van der Waals surface area contributed by atoms with Crippen molar-refractivity contribution in [2.24, 2.45) is 0 Å². The van der Waals surface area contributed by atoms with E-state index in [4.69, 9.17) is 4.74 Å². The second kappa shape index (κ2) is 9.52. The first kappa shape index (κ1) is 17.7. The van der Waals surface area contributed by atoms with Crippen LogP contribution in [0.25, 0.3) is 0 Å². The lowest BCUT2D eigenvalue weighted by Crippen LogP contribution is -2.41. The van der Waals surface area contributed by atoms with E-state index in [9.17, 15) is 4.79 Å². The van der Waals surface area contributed by atoms with Gasteiger partial charge in [-0.1, -0.05) is 13.8 Å². The molecule has 0 saturated heterocycles. The molecule has 6 heteroatoms. The molecule has 0 fully saturated rings. The average molecular weight is 296 g/mol. The number of nitrogens with one attached hydrogen (secondary N) is 1. The first-order valence-electron chi connectivity index (χ1n) is 7.63. The van der Waals surface area contributed by atoms with E-state index < -0.39 is 0 Å². The van der Waals surface area contributed by atoms with Gasteiger partial charge in [0.1, 0.15) is 0 Å². The number of aromatic nitrogens is 2. The van der Waals surface area contributed by atoms with Gasteiger partial charge in [0.2, 0.25) is 0 Å². The van der Waals surface area contributed by atoms with Gasteiger partial charge in [-0.2, -0.15) is 5.10 Å². The summed E-state index contributed by atoms with van der Waals surface area (Å²) in [5.74, 6) is 0. The first-order valence-corrected chi connectivity index (χ1v) is 7.63. The Morgan fingerprint density at radius 1 is 1.43 bits per heavy atom. The standard InChI is InChI=1S/C15H28N4O2/c1-5-7-16-13(12-21-4)11-19-15(20)9-14(10-17-19)18(3)8-6-2/h9-10,13,16H,5-8,11-12H2,1-4H3. The lowest BCUT2D eigenvalue weighted by atomic mass is 10.3. The third kappa shape index (κ3) is 5.85. The Kier molecular flexibility index (Phi) is 8.00. The Morgan fingerprint density at radius 3 is 2.76 bits per heavy atom. The summed E-state index contributed by atoms with van der Waals surface area (Å²) in [5, 5.41) is 7.65. The maximum absolute atomic E-state index is 12.2. The van der Waals surface area contributed by atoms with E-state index in [1.165, 1.54) is 4.68 Å². The quantitative estimate of drug-likeness (QED) is 0.701. The van der Waals surface area contributed by atoms with Crippen molar-refractivity contribution >= 4 is 5.69 Å². The molecule has 1 heterocycles. The van der Waals surface area contributed by atoms with Crippen LogP contribution >= 0.6 is 0 Å². The van der Waals surface area contributed by atoms with Crippen molar-refractivity contribution in [2.75, 3.05) is 38.8 Å². The molecular formula is C15H28N4O2. The van der Waals surface area contributed by atoms with E-state index in [1.807, 2.05) is 11.9 Å². The zero-order valence-corrected chi connectivity index (χ0v) is 13.6. The Hall–Kier alpha value is -1.40. The van der Waals surface area contributed by atoms with Crippen LogP contribution in [0.3, 0.4) is 0 Å². The van der Waals surface area contributed by atoms with Crippen molar-refractivity contribution < 1.29 is 4.74 Å². The third-order valence-corrected chi connectivity index (χ3v) is 3.30. The molecule has 0 saturated carbocycles. The molecule has 120 valence electrons. The fraction of sp³-hybridized carbons (Fsp3) is 0.733. The molecule has 1 aromatic rings. The minimum atomic E-state index is -0.0742. The summed E-state index contributed by atoms with van der Waals surface area (Å²) in [4.78, 5) is 14.2. The maximum atomic E-state index is 12.2. The topological polar surface area (TPSA) is 59.4 Å². The fourth-order valence-corrected chi connectivity index (χ4v) is 2.17. The first-order chi connectivity index (χ1) is 10.1. The molecule has 1 aromatic heterocycles. The summed E-state index contributed by atoms with van der Waals surface area (Å²) in [7, 11) is 3.64. The van der Waals surface area contributed by atoms with Gasteiger partial charge in [0.25, 0.3) is 5.56 Å². The van der Waals surface area contributed by atoms with Gasteiger partial charge in [-0.15, -0.1) is 0 Å². The number of ether oxygens (including phenoxy) is 1. The van der Waals surface area contributed by atoms with Crippen LogP contribution in [0.15, 0.2) is 17.1 Å². The Bertz CT molecular complexity index is 461. The van der Waals surface area contributed by atoms with Crippen LogP contribution in [-0.4, -0.2) is 49.7 Å². The third-order valence-electron chi connectivity index (χ3n) is 3.30. The van der Waals surface area contributed by atoms with E-state index in [0.717, 1.165) is 31.6 Å². The summed E-state index contributed by atoms with van der Waals surface area (Å²) < 4.78 is 6.69. The van der Waals surface area contributed by atoms with Gasteiger partial charge < -0.3 is 15.0 Å². The molecule has 1 N–H and O–H groups in total. The van der Waals surface area contributed by atoms with E-state index in [2.05, 4.69) is 24.3 Å². The van der Waals surface area contributed by atoms with Crippen LogP contribution in [0, 0.1) is 0 Å². The number of anilines is 1. The summed E-state index contributed by atoms with van der Waals surface area (Å²) in [6, 6.07) is 1.74. The van der Waals surface area contributed by atoms with Crippen molar-refractivity contribution in [1.82, 2.24) is 15.1 Å². The van der Waals surface area contributed by atoms with Gasteiger partial charge in [0.05, 0.1) is 31.1 Å². The van der Waals surface area contributed by atoms with E-state index in [-0.39, 0.29) is 11.6 Å². The van der Waals surface area contributed by atoms with Gasteiger partial charge in [-0.05, 0) is 19.4 Å². The van der Waals surface area contributed by atoms with Gasteiger partial charge in [-0.3, -0.25) is 4.79 Å². The lowest BCUT2D eigenvalue weighted by Gasteiger charge is -2.20. The van der Waals surface area contributed by atoms with Crippen LogP contribution in [-0.2, 0) is 11.3 Å².